The standard InChI is InChI=1S/C17H13F2NO4S/c1-20-10-5-9(18)6-11(7-10)24-14-3-4-15(25(2,22)23)17-13(21)8-12(19)16(14)17/h3-7,12-13,21H,8H2,2H3/t12-,13+/m0/s1. The number of aliphatic hydroxyl groups excluding tert-OH is 1. The first-order chi connectivity index (χ1) is 11.7. The van der Waals surface area contributed by atoms with E-state index in [1.54, 1.807) is 0 Å². The molecule has 0 saturated heterocycles. The topological polar surface area (TPSA) is 68.0 Å². The third kappa shape index (κ3) is 3.21. The number of halogens is 2. The Morgan fingerprint density at radius 1 is 1.28 bits per heavy atom. The van der Waals surface area contributed by atoms with Gasteiger partial charge in [-0.25, -0.2) is 22.0 Å². The monoisotopic (exact) mass is 365 g/mol. The Morgan fingerprint density at radius 3 is 2.64 bits per heavy atom. The number of aliphatic hydroxyl groups is 1. The van der Waals surface area contributed by atoms with Crippen molar-refractivity contribution in [2.45, 2.75) is 23.6 Å². The molecule has 2 atom stereocenters. The summed E-state index contributed by atoms with van der Waals surface area (Å²) in [4.78, 5) is 2.95. The van der Waals surface area contributed by atoms with Crippen molar-refractivity contribution in [3.05, 3.63) is 58.7 Å². The van der Waals surface area contributed by atoms with Crippen molar-refractivity contribution in [2.24, 2.45) is 0 Å². The zero-order valence-corrected chi connectivity index (χ0v) is 13.8. The molecule has 0 unspecified atom stereocenters. The van der Waals surface area contributed by atoms with Gasteiger partial charge in [0.15, 0.2) is 15.5 Å². The number of rotatable bonds is 3. The van der Waals surface area contributed by atoms with Crippen LogP contribution in [-0.2, 0) is 9.84 Å². The number of nitrogens with zero attached hydrogens (tertiary/aromatic N) is 1. The summed E-state index contributed by atoms with van der Waals surface area (Å²) in [5.41, 5.74) is -0.0883. The van der Waals surface area contributed by atoms with Crippen LogP contribution in [0.2, 0.25) is 0 Å². The van der Waals surface area contributed by atoms with E-state index in [0.717, 1.165) is 18.4 Å². The van der Waals surface area contributed by atoms with E-state index in [0.29, 0.717) is 0 Å². The Bertz CT molecular complexity index is 998. The fourth-order valence-electron chi connectivity index (χ4n) is 2.91. The van der Waals surface area contributed by atoms with Crippen LogP contribution in [0.1, 0.15) is 29.8 Å². The Balaban J connectivity index is 2.14. The molecule has 0 radical (unpaired) electrons. The van der Waals surface area contributed by atoms with E-state index in [1.165, 1.54) is 18.2 Å². The van der Waals surface area contributed by atoms with E-state index < -0.39 is 27.9 Å². The quantitative estimate of drug-likeness (QED) is 0.834. The summed E-state index contributed by atoms with van der Waals surface area (Å²) in [5, 5.41) is 10.1. The molecule has 2 aromatic rings. The Labute approximate surface area is 143 Å². The van der Waals surface area contributed by atoms with E-state index in [2.05, 4.69) is 4.85 Å². The molecule has 1 aliphatic rings. The average Bonchev–Trinajstić information content (AvgIpc) is 2.81. The second-order valence-electron chi connectivity index (χ2n) is 5.74. The molecule has 0 saturated carbocycles. The zero-order chi connectivity index (χ0) is 18.4. The Kier molecular flexibility index (Phi) is 4.22. The molecule has 0 bridgehead atoms. The highest BCUT2D eigenvalue weighted by Gasteiger charge is 2.37. The molecule has 0 aromatic heterocycles. The lowest BCUT2D eigenvalue weighted by Gasteiger charge is -2.15. The summed E-state index contributed by atoms with van der Waals surface area (Å²) >= 11 is 0. The Hall–Kier alpha value is -2.50. The number of hydrogen-bond donors (Lipinski definition) is 1. The molecule has 130 valence electrons. The van der Waals surface area contributed by atoms with Crippen LogP contribution < -0.4 is 4.74 Å². The summed E-state index contributed by atoms with van der Waals surface area (Å²) in [6.07, 6.45) is -2.20. The van der Waals surface area contributed by atoms with Crippen molar-refractivity contribution in [3.8, 4) is 11.5 Å². The SMILES string of the molecule is [C-]#[N+]c1cc(F)cc(Oc2ccc(S(C)(=O)=O)c3c2[C@@H](F)C[C@H]3O)c1. The fourth-order valence-corrected chi connectivity index (χ4v) is 3.87. The smallest absolute Gasteiger partial charge is 0.193 e. The van der Waals surface area contributed by atoms with Crippen molar-refractivity contribution >= 4 is 15.5 Å². The van der Waals surface area contributed by atoms with Crippen LogP contribution in [-0.4, -0.2) is 19.8 Å². The summed E-state index contributed by atoms with van der Waals surface area (Å²) < 4.78 is 57.2. The summed E-state index contributed by atoms with van der Waals surface area (Å²) in [7, 11) is -3.67. The van der Waals surface area contributed by atoms with E-state index in [1.807, 2.05) is 0 Å². The lowest BCUT2D eigenvalue weighted by Crippen LogP contribution is -2.06. The predicted octanol–water partition coefficient (Wildman–Crippen LogP) is 4.02. The molecule has 5 nitrogen and oxygen atoms in total. The minimum absolute atomic E-state index is 0.0104. The van der Waals surface area contributed by atoms with Crippen molar-refractivity contribution < 1.29 is 27.0 Å². The van der Waals surface area contributed by atoms with Gasteiger partial charge in [-0.2, -0.15) is 0 Å². The molecule has 0 aliphatic heterocycles. The highest BCUT2D eigenvalue weighted by Crippen LogP contribution is 2.49. The van der Waals surface area contributed by atoms with Gasteiger partial charge >= 0.3 is 0 Å². The van der Waals surface area contributed by atoms with Crippen LogP contribution in [0, 0.1) is 12.4 Å². The van der Waals surface area contributed by atoms with Gasteiger partial charge < -0.3 is 9.84 Å². The lowest BCUT2D eigenvalue weighted by molar-refractivity contribution is 0.149. The van der Waals surface area contributed by atoms with E-state index in [4.69, 9.17) is 11.3 Å². The van der Waals surface area contributed by atoms with Crippen LogP contribution in [0.4, 0.5) is 14.5 Å². The molecule has 1 N–H and O–H groups in total. The number of ether oxygens (including phenoxy) is 1. The number of alkyl halides is 1. The van der Waals surface area contributed by atoms with Crippen molar-refractivity contribution in [1.29, 1.82) is 0 Å². The average molecular weight is 365 g/mol. The number of benzene rings is 2. The van der Waals surface area contributed by atoms with Crippen LogP contribution >= 0.6 is 0 Å². The Morgan fingerprint density at radius 2 is 2.00 bits per heavy atom. The van der Waals surface area contributed by atoms with E-state index >= 15 is 0 Å². The fraction of sp³-hybridized carbons (Fsp3) is 0.235. The van der Waals surface area contributed by atoms with Gasteiger partial charge in [-0.15, -0.1) is 0 Å². The number of hydrogen-bond acceptors (Lipinski definition) is 4. The van der Waals surface area contributed by atoms with Gasteiger partial charge in [-0.3, -0.25) is 0 Å². The summed E-state index contributed by atoms with van der Waals surface area (Å²) in [5.74, 6) is -0.730. The number of fused-ring (bicyclic) bond motifs is 1. The van der Waals surface area contributed by atoms with E-state index in [-0.39, 0.29) is 39.6 Å². The molecule has 1 aliphatic carbocycles. The maximum Gasteiger partial charge on any atom is 0.193 e. The minimum atomic E-state index is -3.67. The molecule has 2 aromatic carbocycles. The molecule has 3 rings (SSSR count). The van der Waals surface area contributed by atoms with Gasteiger partial charge in [0.05, 0.1) is 17.6 Å². The molecular weight excluding hydrogens is 352 g/mol. The predicted molar refractivity (Wildman–Crippen MR) is 85.7 cm³/mol. The molecule has 0 fully saturated rings. The van der Waals surface area contributed by atoms with Gasteiger partial charge in [0, 0.05) is 29.9 Å². The van der Waals surface area contributed by atoms with Crippen LogP contribution in [0.25, 0.3) is 4.85 Å². The third-order valence-corrected chi connectivity index (χ3v) is 5.05. The highest BCUT2D eigenvalue weighted by molar-refractivity contribution is 7.90. The third-order valence-electron chi connectivity index (χ3n) is 3.90. The van der Waals surface area contributed by atoms with Crippen molar-refractivity contribution in [2.75, 3.05) is 6.26 Å². The highest BCUT2D eigenvalue weighted by atomic mass is 32.2. The first-order valence-electron chi connectivity index (χ1n) is 7.25. The molecule has 0 amide bonds. The molecule has 8 heteroatoms. The molecular formula is C17H13F2NO4S. The normalized spacial score (nSPS) is 19.3. The largest absolute Gasteiger partial charge is 0.458 e. The maximum atomic E-state index is 14.4. The van der Waals surface area contributed by atoms with Gasteiger partial charge in [0.25, 0.3) is 0 Å². The van der Waals surface area contributed by atoms with Gasteiger partial charge in [-0.05, 0) is 24.3 Å². The van der Waals surface area contributed by atoms with Gasteiger partial charge in [0.1, 0.15) is 23.5 Å². The summed E-state index contributed by atoms with van der Waals surface area (Å²) in [6, 6.07) is 5.83. The summed E-state index contributed by atoms with van der Waals surface area (Å²) in [6.45, 7) is 6.94. The van der Waals surface area contributed by atoms with Crippen LogP contribution in [0.3, 0.4) is 0 Å². The molecule has 25 heavy (non-hydrogen) atoms. The minimum Gasteiger partial charge on any atom is -0.458 e. The second kappa shape index (κ2) is 6.10. The zero-order valence-electron chi connectivity index (χ0n) is 13.0. The second-order valence-corrected chi connectivity index (χ2v) is 7.72. The van der Waals surface area contributed by atoms with Crippen molar-refractivity contribution in [3.63, 3.8) is 0 Å². The lowest BCUT2D eigenvalue weighted by atomic mass is 10.1. The first kappa shape index (κ1) is 17.3. The van der Waals surface area contributed by atoms with E-state index in [9.17, 15) is 22.3 Å². The maximum absolute atomic E-state index is 14.4. The van der Waals surface area contributed by atoms with Crippen molar-refractivity contribution in [1.82, 2.24) is 0 Å². The van der Waals surface area contributed by atoms with Gasteiger partial charge in [-0.1, -0.05) is 0 Å². The van der Waals surface area contributed by atoms with Gasteiger partial charge in [0.2, 0.25) is 0 Å². The molecule has 0 spiro atoms. The number of sulfone groups is 1. The van der Waals surface area contributed by atoms with Crippen LogP contribution in [0.15, 0.2) is 35.2 Å². The van der Waals surface area contributed by atoms with Crippen LogP contribution in [0.5, 0.6) is 11.5 Å². The molecule has 0 heterocycles. The first-order valence-corrected chi connectivity index (χ1v) is 9.14.